The first-order valence-corrected chi connectivity index (χ1v) is 7.25. The lowest BCUT2D eigenvalue weighted by Crippen LogP contribution is -2.33. The van der Waals surface area contributed by atoms with Gasteiger partial charge in [0.05, 0.1) is 5.69 Å². The van der Waals surface area contributed by atoms with Crippen molar-refractivity contribution in [2.45, 2.75) is 58.9 Å². The van der Waals surface area contributed by atoms with Gasteiger partial charge in [-0.1, -0.05) is 6.92 Å². The average Bonchev–Trinajstić information content (AvgIpc) is 2.83. The zero-order valence-corrected chi connectivity index (χ0v) is 12.5. The van der Waals surface area contributed by atoms with Crippen LogP contribution in [0.5, 0.6) is 0 Å². The number of nitrogens with one attached hydrogen (secondary N) is 1. The molecule has 106 valence electrons. The Morgan fingerprint density at radius 3 is 2.68 bits per heavy atom. The van der Waals surface area contributed by atoms with Crippen LogP contribution in [0.4, 0.5) is 0 Å². The number of hydrogen-bond acceptors (Lipinski definition) is 2. The van der Waals surface area contributed by atoms with Gasteiger partial charge in [0, 0.05) is 25.2 Å². The summed E-state index contributed by atoms with van der Waals surface area (Å²) in [6.07, 6.45) is 4.87. The van der Waals surface area contributed by atoms with Crippen molar-refractivity contribution >= 4 is 5.91 Å². The van der Waals surface area contributed by atoms with Gasteiger partial charge < -0.3 is 5.32 Å². The molecule has 1 aliphatic carbocycles. The molecule has 2 unspecified atom stereocenters. The number of carbonyl (C=O) groups excluding carboxylic acids is 1. The molecule has 0 aromatic carbocycles. The number of aryl methyl sites for hydroxylation is 2. The van der Waals surface area contributed by atoms with Gasteiger partial charge in [0.2, 0.25) is 5.91 Å². The van der Waals surface area contributed by atoms with Crippen LogP contribution in [0.15, 0.2) is 0 Å². The zero-order chi connectivity index (χ0) is 14.0. The summed E-state index contributed by atoms with van der Waals surface area (Å²) in [6, 6.07) is 0.401. The quantitative estimate of drug-likeness (QED) is 0.906. The third kappa shape index (κ3) is 3.37. The molecule has 1 aromatic rings. The van der Waals surface area contributed by atoms with Crippen molar-refractivity contribution in [3.05, 3.63) is 17.0 Å². The predicted molar refractivity (Wildman–Crippen MR) is 75.9 cm³/mol. The average molecular weight is 263 g/mol. The SMILES string of the molecule is Cc1nn(C)c(C)c1CCC(=O)NC1CCC(C)C1. The van der Waals surface area contributed by atoms with E-state index >= 15 is 0 Å². The summed E-state index contributed by atoms with van der Waals surface area (Å²) >= 11 is 0. The molecule has 4 nitrogen and oxygen atoms in total. The fourth-order valence-electron chi connectivity index (χ4n) is 3.06. The van der Waals surface area contributed by atoms with Crippen molar-refractivity contribution < 1.29 is 4.79 Å². The summed E-state index contributed by atoms with van der Waals surface area (Å²) < 4.78 is 1.89. The maximum absolute atomic E-state index is 12.0. The Bertz CT molecular complexity index is 464. The van der Waals surface area contributed by atoms with Crippen molar-refractivity contribution in [1.29, 1.82) is 0 Å². The Labute approximate surface area is 115 Å². The van der Waals surface area contributed by atoms with Crippen LogP contribution in [-0.4, -0.2) is 21.7 Å². The van der Waals surface area contributed by atoms with Crippen LogP contribution in [0, 0.1) is 19.8 Å². The first-order chi connectivity index (χ1) is 8.97. The van der Waals surface area contributed by atoms with Gasteiger partial charge in [-0.15, -0.1) is 0 Å². The van der Waals surface area contributed by atoms with E-state index in [0.29, 0.717) is 12.5 Å². The molecule has 1 N–H and O–H groups in total. The Morgan fingerprint density at radius 1 is 1.42 bits per heavy atom. The third-order valence-electron chi connectivity index (χ3n) is 4.32. The fraction of sp³-hybridized carbons (Fsp3) is 0.733. The molecule has 0 saturated heterocycles. The minimum Gasteiger partial charge on any atom is -0.353 e. The van der Waals surface area contributed by atoms with Crippen molar-refractivity contribution in [2.75, 3.05) is 0 Å². The monoisotopic (exact) mass is 263 g/mol. The molecule has 1 amide bonds. The highest BCUT2D eigenvalue weighted by Gasteiger charge is 2.22. The molecule has 1 aromatic heterocycles. The summed E-state index contributed by atoms with van der Waals surface area (Å²) in [5.41, 5.74) is 3.43. The zero-order valence-electron chi connectivity index (χ0n) is 12.5. The molecular weight excluding hydrogens is 238 g/mol. The molecular formula is C15H25N3O. The number of aromatic nitrogens is 2. The van der Waals surface area contributed by atoms with E-state index in [9.17, 15) is 4.79 Å². The summed E-state index contributed by atoms with van der Waals surface area (Å²) in [7, 11) is 1.95. The van der Waals surface area contributed by atoms with Crippen LogP contribution in [0.25, 0.3) is 0 Å². The van der Waals surface area contributed by atoms with E-state index in [1.807, 2.05) is 18.7 Å². The first kappa shape index (κ1) is 14.1. The molecule has 4 heteroatoms. The highest BCUT2D eigenvalue weighted by atomic mass is 16.1. The normalized spacial score (nSPS) is 22.7. The highest BCUT2D eigenvalue weighted by Crippen LogP contribution is 2.24. The van der Waals surface area contributed by atoms with Gasteiger partial charge in [0.15, 0.2) is 0 Å². The maximum Gasteiger partial charge on any atom is 0.220 e. The van der Waals surface area contributed by atoms with Crippen LogP contribution >= 0.6 is 0 Å². The summed E-state index contributed by atoms with van der Waals surface area (Å²) in [4.78, 5) is 12.0. The minimum atomic E-state index is 0.182. The Morgan fingerprint density at radius 2 is 2.16 bits per heavy atom. The second-order valence-corrected chi connectivity index (χ2v) is 5.96. The molecule has 1 aliphatic rings. The van der Waals surface area contributed by atoms with Crippen LogP contribution in [0.1, 0.15) is 49.6 Å². The van der Waals surface area contributed by atoms with E-state index < -0.39 is 0 Å². The molecule has 1 heterocycles. The minimum absolute atomic E-state index is 0.182. The molecule has 2 atom stereocenters. The largest absolute Gasteiger partial charge is 0.353 e. The van der Waals surface area contributed by atoms with Crippen LogP contribution in [0.2, 0.25) is 0 Å². The van der Waals surface area contributed by atoms with Gasteiger partial charge >= 0.3 is 0 Å². The van der Waals surface area contributed by atoms with E-state index in [0.717, 1.165) is 30.9 Å². The lowest BCUT2D eigenvalue weighted by atomic mass is 10.1. The highest BCUT2D eigenvalue weighted by molar-refractivity contribution is 5.76. The first-order valence-electron chi connectivity index (χ1n) is 7.25. The predicted octanol–water partition coefficient (Wildman–Crippen LogP) is 2.27. The number of carbonyl (C=O) groups is 1. The fourth-order valence-corrected chi connectivity index (χ4v) is 3.06. The molecule has 0 bridgehead atoms. The lowest BCUT2D eigenvalue weighted by molar-refractivity contribution is -0.121. The summed E-state index contributed by atoms with van der Waals surface area (Å²) in [5, 5.41) is 7.55. The van der Waals surface area contributed by atoms with Crippen LogP contribution < -0.4 is 5.32 Å². The van der Waals surface area contributed by atoms with Crippen LogP contribution in [0.3, 0.4) is 0 Å². The van der Waals surface area contributed by atoms with E-state index in [1.54, 1.807) is 0 Å². The van der Waals surface area contributed by atoms with Crippen molar-refractivity contribution in [3.63, 3.8) is 0 Å². The molecule has 0 aliphatic heterocycles. The molecule has 1 saturated carbocycles. The number of rotatable bonds is 4. The molecule has 2 rings (SSSR count). The van der Waals surface area contributed by atoms with Crippen molar-refractivity contribution in [1.82, 2.24) is 15.1 Å². The number of nitrogens with zero attached hydrogens (tertiary/aromatic N) is 2. The van der Waals surface area contributed by atoms with Gasteiger partial charge in [0.25, 0.3) is 0 Å². The van der Waals surface area contributed by atoms with E-state index in [1.165, 1.54) is 17.7 Å². The van der Waals surface area contributed by atoms with E-state index in [-0.39, 0.29) is 5.91 Å². The Balaban J connectivity index is 1.83. The van der Waals surface area contributed by atoms with Gasteiger partial charge in [-0.05, 0) is 51.0 Å². The summed E-state index contributed by atoms with van der Waals surface area (Å²) in [6.45, 7) is 6.33. The Hall–Kier alpha value is -1.32. The second kappa shape index (κ2) is 5.76. The van der Waals surface area contributed by atoms with Gasteiger partial charge in [-0.3, -0.25) is 9.48 Å². The smallest absolute Gasteiger partial charge is 0.220 e. The number of hydrogen-bond donors (Lipinski definition) is 1. The molecule has 1 fully saturated rings. The van der Waals surface area contributed by atoms with Gasteiger partial charge in [0.1, 0.15) is 0 Å². The van der Waals surface area contributed by atoms with Gasteiger partial charge in [-0.2, -0.15) is 5.10 Å². The van der Waals surface area contributed by atoms with Crippen LogP contribution in [-0.2, 0) is 18.3 Å². The summed E-state index contributed by atoms with van der Waals surface area (Å²) in [5.74, 6) is 0.940. The van der Waals surface area contributed by atoms with Crippen molar-refractivity contribution in [3.8, 4) is 0 Å². The van der Waals surface area contributed by atoms with E-state index in [2.05, 4.69) is 24.3 Å². The van der Waals surface area contributed by atoms with Crippen molar-refractivity contribution in [2.24, 2.45) is 13.0 Å². The lowest BCUT2D eigenvalue weighted by Gasteiger charge is -2.12. The topological polar surface area (TPSA) is 46.9 Å². The number of amides is 1. The third-order valence-corrected chi connectivity index (χ3v) is 4.32. The molecule has 0 radical (unpaired) electrons. The maximum atomic E-state index is 12.0. The Kier molecular flexibility index (Phi) is 4.27. The standard InChI is InChI=1S/C15H25N3O/c1-10-5-6-13(9-10)16-15(19)8-7-14-11(2)17-18(4)12(14)3/h10,13H,5-9H2,1-4H3,(H,16,19). The van der Waals surface area contributed by atoms with Gasteiger partial charge in [-0.25, -0.2) is 0 Å². The van der Waals surface area contributed by atoms with E-state index in [4.69, 9.17) is 0 Å². The second-order valence-electron chi connectivity index (χ2n) is 5.96. The molecule has 0 spiro atoms. The molecule has 19 heavy (non-hydrogen) atoms.